The number of amides is 1. The predicted molar refractivity (Wildman–Crippen MR) is 86.7 cm³/mol. The zero-order chi connectivity index (χ0) is 16.2. The minimum atomic E-state index is -3.85. The number of rotatable bonds is 5. The number of hydrogen-bond acceptors (Lipinski definition) is 3. The topological polar surface area (TPSA) is 75.3 Å². The van der Waals surface area contributed by atoms with E-state index in [0.29, 0.717) is 10.7 Å². The first-order valence-electron chi connectivity index (χ1n) is 6.18. The molecular weight excluding hydrogens is 347 g/mol. The molecule has 0 spiro atoms. The van der Waals surface area contributed by atoms with Crippen molar-refractivity contribution < 1.29 is 13.2 Å². The molecular formula is C14H12Cl2N2O3S. The summed E-state index contributed by atoms with van der Waals surface area (Å²) in [7, 11) is -3.85. The molecule has 0 radical (unpaired) electrons. The highest BCUT2D eigenvalue weighted by Gasteiger charge is 2.18. The molecule has 22 heavy (non-hydrogen) atoms. The summed E-state index contributed by atoms with van der Waals surface area (Å²) < 4.78 is 26.3. The number of nitrogens with one attached hydrogen (secondary N) is 2. The second kappa shape index (κ2) is 7.11. The first kappa shape index (κ1) is 16.8. The Kier molecular flexibility index (Phi) is 5.42. The smallest absolute Gasteiger partial charge is 0.242 e. The van der Waals surface area contributed by atoms with E-state index < -0.39 is 22.5 Å². The van der Waals surface area contributed by atoms with Crippen LogP contribution in [0.3, 0.4) is 0 Å². The SMILES string of the molecule is O=C(CNS(=O)(=O)c1ccccc1Cl)Nc1ccc(Cl)cc1. The van der Waals surface area contributed by atoms with Crippen molar-refractivity contribution >= 4 is 44.8 Å². The number of anilines is 1. The summed E-state index contributed by atoms with van der Waals surface area (Å²) in [5, 5.41) is 3.18. The molecule has 0 aromatic heterocycles. The number of sulfonamides is 1. The highest BCUT2D eigenvalue weighted by molar-refractivity contribution is 7.89. The van der Waals surface area contributed by atoms with Gasteiger partial charge >= 0.3 is 0 Å². The molecule has 0 heterocycles. The maximum Gasteiger partial charge on any atom is 0.242 e. The molecule has 0 saturated carbocycles. The van der Waals surface area contributed by atoms with Gasteiger partial charge in [-0.15, -0.1) is 0 Å². The van der Waals surface area contributed by atoms with Crippen LogP contribution in [0.1, 0.15) is 0 Å². The largest absolute Gasteiger partial charge is 0.325 e. The van der Waals surface area contributed by atoms with Crippen LogP contribution >= 0.6 is 23.2 Å². The Morgan fingerprint density at radius 3 is 2.27 bits per heavy atom. The molecule has 116 valence electrons. The summed E-state index contributed by atoms with van der Waals surface area (Å²) in [6, 6.07) is 12.5. The van der Waals surface area contributed by atoms with Gasteiger partial charge in [0.1, 0.15) is 4.90 Å². The van der Waals surface area contributed by atoms with Gasteiger partial charge < -0.3 is 5.32 Å². The maximum atomic E-state index is 12.1. The Balaban J connectivity index is 1.98. The van der Waals surface area contributed by atoms with Crippen molar-refractivity contribution in [3.8, 4) is 0 Å². The van der Waals surface area contributed by atoms with Crippen LogP contribution in [-0.2, 0) is 14.8 Å². The zero-order valence-electron chi connectivity index (χ0n) is 11.2. The summed E-state index contributed by atoms with van der Waals surface area (Å²) in [5.74, 6) is -0.502. The Hall–Kier alpha value is -1.60. The Labute approximate surface area is 138 Å². The van der Waals surface area contributed by atoms with Crippen LogP contribution in [0.2, 0.25) is 10.0 Å². The predicted octanol–water partition coefficient (Wildman–Crippen LogP) is 2.91. The van der Waals surface area contributed by atoms with Gasteiger partial charge in [-0.25, -0.2) is 13.1 Å². The van der Waals surface area contributed by atoms with E-state index in [1.165, 1.54) is 12.1 Å². The fraction of sp³-hybridized carbons (Fsp3) is 0.0714. The Bertz CT molecular complexity index is 777. The van der Waals surface area contributed by atoms with Gasteiger partial charge in [0.05, 0.1) is 11.6 Å². The van der Waals surface area contributed by atoms with Crippen LogP contribution in [0.15, 0.2) is 53.4 Å². The van der Waals surface area contributed by atoms with Gasteiger partial charge in [0, 0.05) is 10.7 Å². The molecule has 0 fully saturated rings. The highest BCUT2D eigenvalue weighted by Crippen LogP contribution is 2.20. The molecule has 0 bridgehead atoms. The summed E-state index contributed by atoms with van der Waals surface area (Å²) in [4.78, 5) is 11.7. The molecule has 0 aliphatic heterocycles. The van der Waals surface area contributed by atoms with E-state index in [9.17, 15) is 13.2 Å². The molecule has 2 rings (SSSR count). The molecule has 8 heteroatoms. The summed E-state index contributed by atoms with van der Waals surface area (Å²) in [6.45, 7) is -0.407. The number of benzene rings is 2. The van der Waals surface area contributed by atoms with Gasteiger partial charge in [0.25, 0.3) is 0 Å². The maximum absolute atomic E-state index is 12.1. The van der Waals surface area contributed by atoms with Gasteiger partial charge in [-0.1, -0.05) is 35.3 Å². The molecule has 0 aliphatic carbocycles. The van der Waals surface area contributed by atoms with E-state index in [-0.39, 0.29) is 9.92 Å². The monoisotopic (exact) mass is 358 g/mol. The van der Waals surface area contributed by atoms with Gasteiger partial charge in [0.15, 0.2) is 0 Å². The summed E-state index contributed by atoms with van der Waals surface area (Å²) >= 11 is 11.6. The molecule has 0 atom stereocenters. The summed E-state index contributed by atoms with van der Waals surface area (Å²) in [6.07, 6.45) is 0. The van der Waals surface area contributed by atoms with Crippen molar-refractivity contribution in [1.82, 2.24) is 4.72 Å². The third-order valence-electron chi connectivity index (χ3n) is 2.68. The first-order chi connectivity index (χ1) is 10.4. The molecule has 0 saturated heterocycles. The van der Waals surface area contributed by atoms with Gasteiger partial charge in [-0.2, -0.15) is 0 Å². The van der Waals surface area contributed by atoms with E-state index in [2.05, 4.69) is 10.0 Å². The first-order valence-corrected chi connectivity index (χ1v) is 8.42. The Morgan fingerprint density at radius 2 is 1.64 bits per heavy atom. The van der Waals surface area contributed by atoms with Crippen molar-refractivity contribution in [2.24, 2.45) is 0 Å². The molecule has 0 unspecified atom stereocenters. The van der Waals surface area contributed by atoms with Crippen LogP contribution in [0.5, 0.6) is 0 Å². The minimum absolute atomic E-state index is 0.0732. The van der Waals surface area contributed by atoms with Crippen molar-refractivity contribution in [3.05, 3.63) is 58.6 Å². The molecule has 2 aromatic rings. The molecule has 5 nitrogen and oxygen atoms in total. The van der Waals surface area contributed by atoms with Crippen molar-refractivity contribution in [2.75, 3.05) is 11.9 Å². The average Bonchev–Trinajstić information content (AvgIpc) is 2.48. The number of hydrogen-bond donors (Lipinski definition) is 2. The third-order valence-corrected chi connectivity index (χ3v) is 4.83. The van der Waals surface area contributed by atoms with Gasteiger partial charge in [-0.3, -0.25) is 4.79 Å². The average molecular weight is 359 g/mol. The Morgan fingerprint density at radius 1 is 1.00 bits per heavy atom. The van der Waals surface area contributed by atoms with E-state index in [1.54, 1.807) is 36.4 Å². The fourth-order valence-corrected chi connectivity index (χ4v) is 3.26. The molecule has 2 aromatic carbocycles. The van der Waals surface area contributed by atoms with Gasteiger partial charge in [-0.05, 0) is 36.4 Å². The number of halogens is 2. The number of carbonyl (C=O) groups excluding carboxylic acids is 1. The molecule has 1 amide bonds. The van der Waals surface area contributed by atoms with Crippen LogP contribution < -0.4 is 10.0 Å². The highest BCUT2D eigenvalue weighted by atomic mass is 35.5. The lowest BCUT2D eigenvalue weighted by molar-refractivity contribution is -0.115. The van der Waals surface area contributed by atoms with E-state index in [4.69, 9.17) is 23.2 Å². The number of carbonyl (C=O) groups is 1. The lowest BCUT2D eigenvalue weighted by atomic mass is 10.3. The van der Waals surface area contributed by atoms with Crippen LogP contribution in [-0.4, -0.2) is 20.9 Å². The standard InChI is InChI=1S/C14H12Cl2N2O3S/c15-10-5-7-11(8-6-10)18-14(19)9-17-22(20,21)13-4-2-1-3-12(13)16/h1-8,17H,9H2,(H,18,19). The fourth-order valence-electron chi connectivity index (χ4n) is 1.64. The van der Waals surface area contributed by atoms with Crippen molar-refractivity contribution in [2.45, 2.75) is 4.90 Å². The van der Waals surface area contributed by atoms with E-state index >= 15 is 0 Å². The van der Waals surface area contributed by atoms with Crippen LogP contribution in [0.4, 0.5) is 5.69 Å². The second-order valence-electron chi connectivity index (χ2n) is 4.31. The third kappa shape index (κ3) is 4.45. The van der Waals surface area contributed by atoms with Crippen LogP contribution in [0, 0.1) is 0 Å². The lowest BCUT2D eigenvalue weighted by Crippen LogP contribution is -2.33. The van der Waals surface area contributed by atoms with E-state index in [1.807, 2.05) is 0 Å². The normalized spacial score (nSPS) is 11.2. The van der Waals surface area contributed by atoms with Crippen LogP contribution in [0.25, 0.3) is 0 Å². The van der Waals surface area contributed by atoms with E-state index in [0.717, 1.165) is 0 Å². The van der Waals surface area contributed by atoms with Gasteiger partial charge in [0.2, 0.25) is 15.9 Å². The quantitative estimate of drug-likeness (QED) is 0.862. The minimum Gasteiger partial charge on any atom is -0.325 e. The van der Waals surface area contributed by atoms with Crippen molar-refractivity contribution in [3.63, 3.8) is 0 Å². The van der Waals surface area contributed by atoms with Crippen molar-refractivity contribution in [1.29, 1.82) is 0 Å². The second-order valence-corrected chi connectivity index (χ2v) is 6.89. The zero-order valence-corrected chi connectivity index (χ0v) is 13.5. The summed E-state index contributed by atoms with van der Waals surface area (Å²) in [5.41, 5.74) is 0.520. The molecule has 0 aliphatic rings. The molecule has 2 N–H and O–H groups in total. The lowest BCUT2D eigenvalue weighted by Gasteiger charge is -2.09.